The lowest BCUT2D eigenvalue weighted by Gasteiger charge is -2.29. The van der Waals surface area contributed by atoms with Gasteiger partial charge in [0.05, 0.1) is 36.2 Å². The largest absolute Gasteiger partial charge is 0.388 e. The Morgan fingerprint density at radius 2 is 1.80 bits per heavy atom. The summed E-state index contributed by atoms with van der Waals surface area (Å²) in [5, 5.41) is 0. The average molecular weight is 345 g/mol. The van der Waals surface area contributed by atoms with E-state index >= 15 is 0 Å². The molecule has 7 heteroatoms. The Labute approximate surface area is 146 Å². The van der Waals surface area contributed by atoms with Crippen LogP contribution in [0, 0.1) is 0 Å². The number of aliphatic imine (C=N–C) groups is 1. The minimum atomic E-state index is -0.568. The number of carbonyl (C=O) groups excluding carboxylic acids is 2. The van der Waals surface area contributed by atoms with Crippen LogP contribution >= 0.6 is 0 Å². The predicted molar refractivity (Wildman–Crippen MR) is 92.4 cm³/mol. The molecule has 0 saturated carbocycles. The molecule has 3 rings (SSSR count). The fraction of sp³-hybridized carbons (Fsp3) is 0.500. The van der Waals surface area contributed by atoms with Gasteiger partial charge in [-0.05, 0) is 38.3 Å². The highest BCUT2D eigenvalue weighted by atomic mass is 16.7. The fourth-order valence-electron chi connectivity index (χ4n) is 3.22. The van der Waals surface area contributed by atoms with Crippen LogP contribution in [0.25, 0.3) is 0 Å². The highest BCUT2D eigenvalue weighted by Gasteiger charge is 2.44. The highest BCUT2D eigenvalue weighted by molar-refractivity contribution is 6.21. The van der Waals surface area contributed by atoms with E-state index in [-0.39, 0.29) is 11.8 Å². The second kappa shape index (κ2) is 7.76. The second-order valence-corrected chi connectivity index (χ2v) is 6.22. The molecule has 1 aromatic rings. The molecule has 2 N–H and O–H groups in total. The van der Waals surface area contributed by atoms with Gasteiger partial charge in [0.1, 0.15) is 0 Å². The first-order valence-corrected chi connectivity index (χ1v) is 8.56. The number of unbranched alkanes of at least 4 members (excludes halogenated alkanes) is 1. The molecular formula is C18H23N3O4. The third kappa shape index (κ3) is 3.72. The SMILES string of the molecule is CC(N)=NCCCCC(C1OCCO1)N1C(=O)c2ccccc2C1=O. The highest BCUT2D eigenvalue weighted by Crippen LogP contribution is 2.29. The Kier molecular flexibility index (Phi) is 5.45. The van der Waals surface area contributed by atoms with Crippen LogP contribution < -0.4 is 5.73 Å². The van der Waals surface area contributed by atoms with Gasteiger partial charge in [-0.15, -0.1) is 0 Å². The van der Waals surface area contributed by atoms with Gasteiger partial charge >= 0.3 is 0 Å². The molecule has 0 aliphatic carbocycles. The summed E-state index contributed by atoms with van der Waals surface area (Å²) < 4.78 is 11.2. The number of carbonyl (C=O) groups is 2. The van der Waals surface area contributed by atoms with E-state index in [4.69, 9.17) is 15.2 Å². The van der Waals surface area contributed by atoms with Crippen molar-refractivity contribution in [1.29, 1.82) is 0 Å². The van der Waals surface area contributed by atoms with E-state index in [1.165, 1.54) is 4.90 Å². The summed E-state index contributed by atoms with van der Waals surface area (Å²) in [7, 11) is 0. The maximum Gasteiger partial charge on any atom is 0.261 e. The quantitative estimate of drug-likeness (QED) is 0.350. The van der Waals surface area contributed by atoms with Crippen molar-refractivity contribution >= 4 is 17.6 Å². The normalized spacial score (nSPS) is 19.6. The van der Waals surface area contributed by atoms with Gasteiger partial charge in [0.2, 0.25) is 0 Å². The lowest BCUT2D eigenvalue weighted by molar-refractivity contribution is -0.0880. The summed E-state index contributed by atoms with van der Waals surface area (Å²) in [5.74, 6) is 0.000375. The van der Waals surface area contributed by atoms with Crippen molar-refractivity contribution in [2.45, 2.75) is 38.5 Å². The van der Waals surface area contributed by atoms with Crippen molar-refractivity contribution in [2.75, 3.05) is 19.8 Å². The standard InChI is InChI=1S/C18H23N3O4/c1-12(19)20-9-5-4-8-15(18-24-10-11-25-18)21-16(22)13-6-2-3-7-14(13)17(21)23/h2-3,6-7,15,18H,4-5,8-11H2,1H3,(H2,19,20). The van der Waals surface area contributed by atoms with Crippen molar-refractivity contribution in [3.63, 3.8) is 0 Å². The minimum Gasteiger partial charge on any atom is -0.388 e. The molecule has 1 atom stereocenters. The molecule has 25 heavy (non-hydrogen) atoms. The zero-order valence-electron chi connectivity index (χ0n) is 14.3. The van der Waals surface area contributed by atoms with Gasteiger partial charge in [-0.1, -0.05) is 12.1 Å². The number of benzene rings is 1. The predicted octanol–water partition coefficient (Wildman–Crippen LogP) is 1.57. The van der Waals surface area contributed by atoms with Crippen LogP contribution in [0.3, 0.4) is 0 Å². The van der Waals surface area contributed by atoms with Crippen molar-refractivity contribution in [3.05, 3.63) is 35.4 Å². The lowest BCUT2D eigenvalue weighted by atomic mass is 10.1. The van der Waals surface area contributed by atoms with Crippen LogP contribution in [-0.2, 0) is 9.47 Å². The molecular weight excluding hydrogens is 322 g/mol. The van der Waals surface area contributed by atoms with Crippen LogP contribution in [0.2, 0.25) is 0 Å². The smallest absolute Gasteiger partial charge is 0.261 e. The topological polar surface area (TPSA) is 94.2 Å². The van der Waals surface area contributed by atoms with Crippen LogP contribution in [0.4, 0.5) is 0 Å². The third-order valence-corrected chi connectivity index (χ3v) is 4.39. The van der Waals surface area contributed by atoms with Crippen LogP contribution in [0.5, 0.6) is 0 Å². The number of imide groups is 1. The molecule has 0 radical (unpaired) electrons. The van der Waals surface area contributed by atoms with Gasteiger partial charge in [-0.2, -0.15) is 0 Å². The van der Waals surface area contributed by atoms with E-state index in [1.54, 1.807) is 31.2 Å². The fourth-order valence-corrected chi connectivity index (χ4v) is 3.22. The summed E-state index contributed by atoms with van der Waals surface area (Å²) in [6.07, 6.45) is 1.65. The number of amidine groups is 1. The van der Waals surface area contributed by atoms with E-state index in [0.717, 1.165) is 12.8 Å². The summed E-state index contributed by atoms with van der Waals surface area (Å²) in [6.45, 7) is 3.33. The molecule has 2 aliphatic rings. The lowest BCUT2D eigenvalue weighted by Crippen LogP contribution is -2.47. The van der Waals surface area contributed by atoms with E-state index in [1.807, 2.05) is 0 Å². The van der Waals surface area contributed by atoms with Crippen molar-refractivity contribution in [3.8, 4) is 0 Å². The molecule has 0 spiro atoms. The second-order valence-electron chi connectivity index (χ2n) is 6.22. The minimum absolute atomic E-state index is 0.277. The number of nitrogens with zero attached hydrogens (tertiary/aromatic N) is 2. The van der Waals surface area contributed by atoms with Crippen LogP contribution in [0.1, 0.15) is 46.9 Å². The van der Waals surface area contributed by atoms with Gasteiger partial charge in [0, 0.05) is 6.54 Å². The molecule has 1 fully saturated rings. The van der Waals surface area contributed by atoms with Gasteiger partial charge in [0.25, 0.3) is 11.8 Å². The molecule has 0 aromatic heterocycles. The van der Waals surface area contributed by atoms with Gasteiger partial charge in [0.15, 0.2) is 6.29 Å². The molecule has 2 amide bonds. The van der Waals surface area contributed by atoms with Crippen molar-refractivity contribution < 1.29 is 19.1 Å². The molecule has 0 bridgehead atoms. The Morgan fingerprint density at radius 3 is 2.36 bits per heavy atom. The first-order valence-electron chi connectivity index (χ1n) is 8.56. The number of ether oxygens (including phenoxy) is 2. The van der Waals surface area contributed by atoms with Gasteiger partial charge < -0.3 is 15.2 Å². The zero-order chi connectivity index (χ0) is 17.8. The van der Waals surface area contributed by atoms with E-state index < -0.39 is 12.3 Å². The third-order valence-electron chi connectivity index (χ3n) is 4.39. The van der Waals surface area contributed by atoms with Crippen LogP contribution in [0.15, 0.2) is 29.3 Å². The number of amides is 2. The number of rotatable bonds is 7. The Hall–Kier alpha value is -2.25. The summed E-state index contributed by atoms with van der Waals surface area (Å²) in [6, 6.07) is 6.46. The summed E-state index contributed by atoms with van der Waals surface area (Å²) in [4.78, 5) is 30.9. The number of hydrogen-bond donors (Lipinski definition) is 1. The summed E-state index contributed by atoms with van der Waals surface area (Å²) in [5.41, 5.74) is 6.42. The first kappa shape index (κ1) is 17.6. The van der Waals surface area contributed by atoms with Crippen LogP contribution in [-0.4, -0.2) is 54.6 Å². The van der Waals surface area contributed by atoms with Crippen molar-refractivity contribution in [1.82, 2.24) is 4.90 Å². The van der Waals surface area contributed by atoms with E-state index in [0.29, 0.717) is 43.1 Å². The van der Waals surface area contributed by atoms with Gasteiger partial charge in [-0.3, -0.25) is 19.5 Å². The zero-order valence-corrected chi connectivity index (χ0v) is 14.3. The molecule has 7 nitrogen and oxygen atoms in total. The molecule has 1 unspecified atom stereocenters. The molecule has 134 valence electrons. The molecule has 1 aromatic carbocycles. The molecule has 2 heterocycles. The van der Waals surface area contributed by atoms with Crippen molar-refractivity contribution in [2.24, 2.45) is 10.7 Å². The Morgan fingerprint density at radius 1 is 1.20 bits per heavy atom. The molecule has 2 aliphatic heterocycles. The monoisotopic (exact) mass is 345 g/mol. The Balaban J connectivity index is 1.73. The average Bonchev–Trinajstić information content (AvgIpc) is 3.21. The Bertz CT molecular complexity index is 644. The maximum atomic E-state index is 12.7. The number of nitrogens with two attached hydrogens (primary N) is 1. The first-order chi connectivity index (χ1) is 12.1. The van der Waals surface area contributed by atoms with E-state index in [9.17, 15) is 9.59 Å². The molecule has 1 saturated heterocycles. The number of hydrogen-bond acceptors (Lipinski definition) is 5. The van der Waals surface area contributed by atoms with E-state index in [2.05, 4.69) is 4.99 Å². The maximum absolute atomic E-state index is 12.7. The number of fused-ring (bicyclic) bond motifs is 1. The van der Waals surface area contributed by atoms with Gasteiger partial charge in [-0.25, -0.2) is 0 Å². The summed E-state index contributed by atoms with van der Waals surface area (Å²) >= 11 is 0.